The molecule has 20 heavy (non-hydrogen) atoms. The van der Waals surface area contributed by atoms with Crippen molar-refractivity contribution in [2.24, 2.45) is 0 Å². The van der Waals surface area contributed by atoms with Crippen molar-refractivity contribution in [3.05, 3.63) is 27.7 Å². The second kappa shape index (κ2) is 6.01. The van der Waals surface area contributed by atoms with Gasteiger partial charge in [0.15, 0.2) is 0 Å². The lowest BCUT2D eigenvalue weighted by molar-refractivity contribution is 0.0531. The number of carbonyl (C=O) groups excluding carboxylic acids is 1. The number of rotatable bonds is 2. The van der Waals surface area contributed by atoms with E-state index in [2.05, 4.69) is 27.3 Å². The molecule has 2 aliphatic rings. The Kier molecular flexibility index (Phi) is 4.12. The fourth-order valence-electron chi connectivity index (χ4n) is 2.53. The smallest absolute Gasteiger partial charge is 0.317 e. The minimum atomic E-state index is -0.0416. The van der Waals surface area contributed by atoms with Gasteiger partial charge in [0.05, 0.1) is 19.8 Å². The van der Waals surface area contributed by atoms with Crippen LogP contribution in [0.3, 0.4) is 0 Å². The van der Waals surface area contributed by atoms with Crippen molar-refractivity contribution in [1.29, 1.82) is 0 Å². The van der Waals surface area contributed by atoms with Gasteiger partial charge in [-0.15, -0.1) is 0 Å². The van der Waals surface area contributed by atoms with Gasteiger partial charge in [-0.2, -0.15) is 0 Å². The van der Waals surface area contributed by atoms with Gasteiger partial charge in [0, 0.05) is 36.1 Å². The minimum Gasteiger partial charge on any atom is -0.493 e. The second-order valence-electron chi connectivity index (χ2n) is 4.91. The molecule has 1 N–H and O–H groups in total. The fourth-order valence-corrected chi connectivity index (χ4v) is 3.08. The number of carbonyl (C=O) groups is 1. The van der Waals surface area contributed by atoms with E-state index in [-0.39, 0.29) is 6.03 Å². The number of hydrogen-bond donors (Lipinski definition) is 1. The van der Waals surface area contributed by atoms with E-state index >= 15 is 0 Å². The number of fused-ring (bicyclic) bond motifs is 1. The Hall–Kier alpha value is -1.27. The Morgan fingerprint density at radius 3 is 2.90 bits per heavy atom. The quantitative estimate of drug-likeness (QED) is 0.894. The van der Waals surface area contributed by atoms with E-state index in [1.807, 2.05) is 6.07 Å². The van der Waals surface area contributed by atoms with E-state index < -0.39 is 0 Å². The van der Waals surface area contributed by atoms with Crippen LogP contribution in [0.2, 0.25) is 0 Å². The Labute approximate surface area is 126 Å². The number of hydrogen-bond acceptors (Lipinski definition) is 3. The molecule has 3 rings (SSSR count). The molecule has 0 radical (unpaired) electrons. The zero-order valence-electron chi connectivity index (χ0n) is 11.2. The van der Waals surface area contributed by atoms with Crippen LogP contribution in [0.25, 0.3) is 0 Å². The molecular formula is C14H17BrN2O3. The lowest BCUT2D eigenvalue weighted by Gasteiger charge is -2.27. The van der Waals surface area contributed by atoms with Crippen LogP contribution in [-0.4, -0.2) is 43.8 Å². The summed E-state index contributed by atoms with van der Waals surface area (Å²) in [5.74, 6) is 0.926. The average molecular weight is 341 g/mol. The average Bonchev–Trinajstić information content (AvgIpc) is 2.93. The standard InChI is InChI=1S/C14H17BrN2O3/c15-12-7-10-1-4-20-13(10)11(8-12)9-16-14(18)17-2-5-19-6-3-17/h7-8H,1-6,9H2,(H,16,18). The first-order chi connectivity index (χ1) is 9.74. The van der Waals surface area contributed by atoms with E-state index in [0.717, 1.165) is 28.8 Å². The topological polar surface area (TPSA) is 50.8 Å². The number of urea groups is 1. The van der Waals surface area contributed by atoms with Gasteiger partial charge in [-0.1, -0.05) is 15.9 Å². The van der Waals surface area contributed by atoms with E-state index in [4.69, 9.17) is 9.47 Å². The number of ether oxygens (including phenoxy) is 2. The summed E-state index contributed by atoms with van der Waals surface area (Å²) in [6.45, 7) is 3.73. The summed E-state index contributed by atoms with van der Waals surface area (Å²) in [5, 5.41) is 2.96. The third kappa shape index (κ3) is 2.91. The number of amides is 2. The first kappa shape index (κ1) is 13.7. The van der Waals surface area contributed by atoms with Gasteiger partial charge < -0.3 is 19.7 Å². The Morgan fingerprint density at radius 1 is 1.30 bits per heavy atom. The summed E-state index contributed by atoms with van der Waals surface area (Å²) >= 11 is 3.50. The molecule has 2 aliphatic heterocycles. The van der Waals surface area contributed by atoms with Crippen molar-refractivity contribution in [3.8, 4) is 5.75 Å². The number of morpholine rings is 1. The Morgan fingerprint density at radius 2 is 2.10 bits per heavy atom. The molecule has 0 aromatic heterocycles. The van der Waals surface area contributed by atoms with Gasteiger partial charge in [-0.05, 0) is 17.7 Å². The predicted octanol–water partition coefficient (Wildman–Crippen LogP) is 1.93. The van der Waals surface area contributed by atoms with Crippen molar-refractivity contribution in [3.63, 3.8) is 0 Å². The largest absolute Gasteiger partial charge is 0.493 e. The highest BCUT2D eigenvalue weighted by Gasteiger charge is 2.20. The Balaban J connectivity index is 1.65. The molecule has 108 valence electrons. The van der Waals surface area contributed by atoms with Crippen LogP contribution in [0.1, 0.15) is 11.1 Å². The van der Waals surface area contributed by atoms with Crippen LogP contribution < -0.4 is 10.1 Å². The van der Waals surface area contributed by atoms with Crippen molar-refractivity contribution in [1.82, 2.24) is 10.2 Å². The molecule has 0 bridgehead atoms. The third-order valence-electron chi connectivity index (χ3n) is 3.55. The maximum atomic E-state index is 12.1. The zero-order chi connectivity index (χ0) is 13.9. The van der Waals surface area contributed by atoms with Crippen LogP contribution >= 0.6 is 15.9 Å². The van der Waals surface area contributed by atoms with Crippen LogP contribution in [0, 0.1) is 0 Å². The van der Waals surface area contributed by atoms with Crippen LogP contribution in [0.15, 0.2) is 16.6 Å². The third-order valence-corrected chi connectivity index (χ3v) is 4.01. The molecule has 0 aliphatic carbocycles. The first-order valence-electron chi connectivity index (χ1n) is 6.78. The molecule has 0 unspecified atom stereocenters. The number of nitrogens with zero attached hydrogens (tertiary/aromatic N) is 1. The van der Waals surface area contributed by atoms with Crippen molar-refractivity contribution in [2.75, 3.05) is 32.9 Å². The van der Waals surface area contributed by atoms with Crippen LogP contribution in [0.5, 0.6) is 5.75 Å². The lowest BCUT2D eigenvalue weighted by Crippen LogP contribution is -2.45. The number of nitrogens with one attached hydrogen (secondary N) is 1. The summed E-state index contributed by atoms with van der Waals surface area (Å²) in [4.78, 5) is 13.8. The summed E-state index contributed by atoms with van der Waals surface area (Å²) in [5.41, 5.74) is 2.23. The maximum Gasteiger partial charge on any atom is 0.317 e. The summed E-state index contributed by atoms with van der Waals surface area (Å²) in [6.07, 6.45) is 0.930. The van der Waals surface area contributed by atoms with Gasteiger partial charge in [-0.25, -0.2) is 4.79 Å². The molecule has 0 spiro atoms. The highest BCUT2D eigenvalue weighted by atomic mass is 79.9. The van der Waals surface area contributed by atoms with Crippen LogP contribution in [0.4, 0.5) is 4.79 Å². The highest BCUT2D eigenvalue weighted by molar-refractivity contribution is 9.10. The molecular weight excluding hydrogens is 324 g/mol. The summed E-state index contributed by atoms with van der Waals surface area (Å²) in [6, 6.07) is 4.04. The van der Waals surface area contributed by atoms with Gasteiger partial charge >= 0.3 is 6.03 Å². The highest BCUT2D eigenvalue weighted by Crippen LogP contribution is 2.32. The zero-order valence-corrected chi connectivity index (χ0v) is 12.7. The number of halogens is 1. The summed E-state index contributed by atoms with van der Waals surface area (Å²) < 4.78 is 11.9. The molecule has 6 heteroatoms. The first-order valence-corrected chi connectivity index (χ1v) is 7.58. The van der Waals surface area contributed by atoms with Gasteiger partial charge in [0.2, 0.25) is 0 Å². The maximum absolute atomic E-state index is 12.1. The Bertz CT molecular complexity index is 515. The second-order valence-corrected chi connectivity index (χ2v) is 5.83. The minimum absolute atomic E-state index is 0.0416. The van der Waals surface area contributed by atoms with Gasteiger partial charge in [0.25, 0.3) is 0 Å². The normalized spacial score (nSPS) is 17.6. The van der Waals surface area contributed by atoms with Gasteiger partial charge in [-0.3, -0.25) is 0 Å². The van der Waals surface area contributed by atoms with E-state index in [1.165, 1.54) is 5.56 Å². The fraction of sp³-hybridized carbons (Fsp3) is 0.500. The molecule has 1 aromatic carbocycles. The van der Waals surface area contributed by atoms with Gasteiger partial charge in [0.1, 0.15) is 5.75 Å². The molecule has 0 atom stereocenters. The van der Waals surface area contributed by atoms with Crippen molar-refractivity contribution >= 4 is 22.0 Å². The molecule has 1 aromatic rings. The summed E-state index contributed by atoms with van der Waals surface area (Å²) in [7, 11) is 0. The lowest BCUT2D eigenvalue weighted by atomic mass is 10.1. The molecule has 2 heterocycles. The van der Waals surface area contributed by atoms with Crippen molar-refractivity contribution < 1.29 is 14.3 Å². The molecule has 1 fully saturated rings. The van der Waals surface area contributed by atoms with Crippen molar-refractivity contribution in [2.45, 2.75) is 13.0 Å². The number of benzene rings is 1. The van der Waals surface area contributed by atoms with E-state index in [9.17, 15) is 4.79 Å². The molecule has 0 saturated carbocycles. The van der Waals surface area contributed by atoms with Crippen LogP contribution in [-0.2, 0) is 17.7 Å². The molecule has 5 nitrogen and oxygen atoms in total. The predicted molar refractivity (Wildman–Crippen MR) is 78.0 cm³/mol. The molecule has 2 amide bonds. The van der Waals surface area contributed by atoms with E-state index in [0.29, 0.717) is 32.8 Å². The SMILES string of the molecule is O=C(NCc1cc(Br)cc2c1OCC2)N1CCOCC1. The molecule has 1 saturated heterocycles. The monoisotopic (exact) mass is 340 g/mol. The van der Waals surface area contributed by atoms with E-state index in [1.54, 1.807) is 4.90 Å².